The number of halogens is 3. The number of fused-ring (bicyclic) bond motifs is 5. The zero-order chi connectivity index (χ0) is 34.8. The molecule has 0 radical (unpaired) electrons. The van der Waals surface area contributed by atoms with Crippen molar-refractivity contribution >= 4 is 27.5 Å². The van der Waals surface area contributed by atoms with Crippen molar-refractivity contribution in [3.63, 3.8) is 0 Å². The Hall–Kier alpha value is -4.64. The van der Waals surface area contributed by atoms with E-state index in [0.717, 1.165) is 32.2 Å². The first kappa shape index (κ1) is 32.6. The van der Waals surface area contributed by atoms with E-state index in [0.29, 0.717) is 55.8 Å². The lowest BCUT2D eigenvalue weighted by molar-refractivity contribution is 0.107. The monoisotopic (exact) mass is 686 g/mol. The summed E-state index contributed by atoms with van der Waals surface area (Å²) in [6, 6.07) is 5.48. The van der Waals surface area contributed by atoms with Crippen molar-refractivity contribution in [1.82, 2.24) is 25.2 Å². The van der Waals surface area contributed by atoms with Crippen LogP contribution in [0.1, 0.15) is 37.7 Å². The maximum Gasteiger partial charge on any atom is 0.319 e. The van der Waals surface area contributed by atoms with Crippen LogP contribution in [0.5, 0.6) is 17.6 Å². The van der Waals surface area contributed by atoms with Gasteiger partial charge >= 0.3 is 6.01 Å². The Kier molecular flexibility index (Phi) is 8.01. The van der Waals surface area contributed by atoms with E-state index in [1.807, 2.05) is 0 Å². The van der Waals surface area contributed by atoms with Crippen LogP contribution in [0.15, 0.2) is 36.2 Å². The van der Waals surface area contributed by atoms with Crippen LogP contribution in [0, 0.1) is 24.0 Å². The van der Waals surface area contributed by atoms with Gasteiger partial charge in [-0.2, -0.15) is 9.97 Å². The summed E-state index contributed by atoms with van der Waals surface area (Å²) in [5.74, 6) is 1.10. The van der Waals surface area contributed by atoms with Gasteiger partial charge in [0.2, 0.25) is 5.88 Å². The zero-order valence-electron chi connectivity index (χ0n) is 27.9. The molecule has 2 aromatic heterocycles. The van der Waals surface area contributed by atoms with E-state index in [9.17, 15) is 9.50 Å². The van der Waals surface area contributed by atoms with Crippen molar-refractivity contribution < 1.29 is 32.5 Å². The van der Waals surface area contributed by atoms with E-state index < -0.39 is 17.2 Å². The summed E-state index contributed by atoms with van der Waals surface area (Å²) < 4.78 is 63.6. The van der Waals surface area contributed by atoms with Gasteiger partial charge in [-0.1, -0.05) is 12.0 Å². The van der Waals surface area contributed by atoms with Crippen LogP contribution in [0.25, 0.3) is 32.9 Å². The van der Waals surface area contributed by atoms with E-state index in [1.54, 1.807) is 7.11 Å². The number of hydrogen-bond donors (Lipinski definition) is 2. The molecule has 0 saturated carbocycles. The molecule has 4 fully saturated rings. The Morgan fingerprint density at radius 1 is 1.14 bits per heavy atom. The number of ether oxygens (including phenoxy) is 3. The number of anilines is 1. The minimum atomic E-state index is -0.845. The second-order valence-corrected chi connectivity index (χ2v) is 14.0. The number of benzene rings is 2. The summed E-state index contributed by atoms with van der Waals surface area (Å²) in [5, 5.41) is 15.2. The predicted molar refractivity (Wildman–Crippen MR) is 182 cm³/mol. The van der Waals surface area contributed by atoms with Crippen LogP contribution >= 0.6 is 0 Å². The summed E-state index contributed by atoms with van der Waals surface area (Å²) in [6.07, 6.45) is 10.5. The second-order valence-electron chi connectivity index (χ2n) is 14.0. The fourth-order valence-corrected chi connectivity index (χ4v) is 8.71. The molecule has 0 spiro atoms. The number of methoxy groups -OCH3 is 2. The number of aromatic nitrogens is 3. The van der Waals surface area contributed by atoms with Crippen LogP contribution in [0.4, 0.5) is 19.0 Å². The molecule has 3 atom stereocenters. The molecule has 6 heterocycles. The number of terminal acetylenes is 1. The number of phenols is 1. The molecule has 2 bridgehead atoms. The lowest BCUT2D eigenvalue weighted by Gasteiger charge is -2.42. The molecule has 50 heavy (non-hydrogen) atoms. The molecule has 0 aliphatic carbocycles. The first-order valence-corrected chi connectivity index (χ1v) is 16.8. The molecule has 13 heteroatoms. The molecule has 8 rings (SSSR count). The Morgan fingerprint density at radius 3 is 2.78 bits per heavy atom. The smallest absolute Gasteiger partial charge is 0.319 e. The van der Waals surface area contributed by atoms with Gasteiger partial charge in [0, 0.05) is 43.7 Å². The van der Waals surface area contributed by atoms with Gasteiger partial charge in [0.1, 0.15) is 40.6 Å². The highest BCUT2D eigenvalue weighted by Crippen LogP contribution is 2.45. The van der Waals surface area contributed by atoms with Crippen molar-refractivity contribution in [2.45, 2.75) is 49.2 Å². The number of hydrogen-bond acceptors (Lipinski definition) is 10. The van der Waals surface area contributed by atoms with Crippen LogP contribution in [0.3, 0.4) is 0 Å². The zero-order valence-corrected chi connectivity index (χ0v) is 27.9. The molecule has 2 N–H and O–H groups in total. The van der Waals surface area contributed by atoms with E-state index in [-0.39, 0.29) is 68.9 Å². The van der Waals surface area contributed by atoms with Gasteiger partial charge in [-0.3, -0.25) is 4.90 Å². The first-order valence-electron chi connectivity index (χ1n) is 16.8. The normalized spacial score (nSPS) is 25.5. The van der Waals surface area contributed by atoms with Gasteiger partial charge in [0.25, 0.3) is 0 Å². The van der Waals surface area contributed by atoms with Crippen LogP contribution in [0.2, 0.25) is 0 Å². The lowest BCUT2D eigenvalue weighted by Crippen LogP contribution is -2.61. The minimum Gasteiger partial charge on any atom is -0.508 e. The molecular weight excluding hydrogens is 649 g/mol. The maximum atomic E-state index is 17.2. The second kappa shape index (κ2) is 12.3. The standard InChI is InChI=1S/C37H37F3N6O4/c1-4-25-27(39)7-6-22-12-24(47)13-26(28(22)25)31-30(40)32-29(34(41-31)49-3)33(45-17-23-8-10-36(18-45,44-23)19-48-2)43-35(42-32)50-20-37-9-5-11-46(37)16-21(14-37)15-38/h1,6-7,12-13,15,23,44,47H,5,8-11,14,16-20H2,2-3H3/b21-15-/t23?,36?,37-/m0/s1. The number of aromatic hydroxyl groups is 1. The van der Waals surface area contributed by atoms with E-state index in [2.05, 4.69) is 31.0 Å². The highest BCUT2D eigenvalue weighted by atomic mass is 19.1. The average molecular weight is 687 g/mol. The summed E-state index contributed by atoms with van der Waals surface area (Å²) in [5.41, 5.74) is -0.423. The quantitative estimate of drug-likeness (QED) is 0.239. The van der Waals surface area contributed by atoms with Crippen molar-refractivity contribution in [1.29, 1.82) is 0 Å². The highest BCUT2D eigenvalue weighted by Gasteiger charge is 2.48. The number of nitrogens with one attached hydrogen (secondary N) is 1. The molecular formula is C37H37F3N6O4. The molecule has 4 aliphatic rings. The van der Waals surface area contributed by atoms with Gasteiger partial charge in [-0.25, -0.2) is 18.2 Å². The topological polar surface area (TPSA) is 105 Å². The molecule has 260 valence electrons. The van der Waals surface area contributed by atoms with Crippen molar-refractivity contribution in [3.8, 4) is 41.2 Å². The molecule has 4 aliphatic heterocycles. The van der Waals surface area contributed by atoms with Gasteiger partial charge in [0.05, 0.1) is 36.7 Å². The van der Waals surface area contributed by atoms with Gasteiger partial charge < -0.3 is 29.5 Å². The fraction of sp³-hybridized carbons (Fsp3) is 0.432. The van der Waals surface area contributed by atoms with E-state index in [1.165, 1.54) is 31.4 Å². The first-order chi connectivity index (χ1) is 24.2. The predicted octanol–water partition coefficient (Wildman–Crippen LogP) is 5.25. The summed E-state index contributed by atoms with van der Waals surface area (Å²) >= 11 is 0. The molecule has 2 unspecified atom stereocenters. The molecule has 4 saturated heterocycles. The third kappa shape index (κ3) is 5.20. The third-order valence-electron chi connectivity index (χ3n) is 10.8. The minimum absolute atomic E-state index is 0.0360. The van der Waals surface area contributed by atoms with E-state index in [4.69, 9.17) is 25.6 Å². The fourth-order valence-electron chi connectivity index (χ4n) is 8.71. The van der Waals surface area contributed by atoms with Gasteiger partial charge in [-0.15, -0.1) is 6.42 Å². The molecule has 0 amide bonds. The lowest BCUT2D eigenvalue weighted by atomic mass is 9.94. The van der Waals surface area contributed by atoms with Crippen LogP contribution in [-0.2, 0) is 4.74 Å². The SMILES string of the molecule is C#Cc1c(F)ccc2cc(O)cc(-c3nc(OC)c4c(N5CC6CCC(COC)(C5)N6)nc(OC[C@@]56CCCN5C/C(=C\F)C6)nc4c3F)c12. The maximum absolute atomic E-state index is 17.2. The van der Waals surface area contributed by atoms with Crippen molar-refractivity contribution in [2.75, 3.05) is 58.5 Å². The Labute approximate surface area is 287 Å². The van der Waals surface area contributed by atoms with E-state index >= 15 is 8.78 Å². The number of rotatable bonds is 8. The van der Waals surface area contributed by atoms with Gasteiger partial charge in [-0.05, 0) is 67.8 Å². The number of phenolic OH excluding ortho intramolecular Hbond substituents is 1. The Morgan fingerprint density at radius 2 is 2.00 bits per heavy atom. The third-order valence-corrected chi connectivity index (χ3v) is 10.8. The Balaban J connectivity index is 1.32. The van der Waals surface area contributed by atoms with Crippen molar-refractivity contribution in [2.24, 2.45) is 0 Å². The molecule has 10 nitrogen and oxygen atoms in total. The summed E-state index contributed by atoms with van der Waals surface area (Å²) in [7, 11) is 3.09. The van der Waals surface area contributed by atoms with Gasteiger partial charge in [0.15, 0.2) is 5.82 Å². The Bertz CT molecular complexity index is 2100. The summed E-state index contributed by atoms with van der Waals surface area (Å²) in [6.45, 7) is 3.11. The van der Waals surface area contributed by atoms with Crippen molar-refractivity contribution in [3.05, 3.63) is 53.4 Å². The molecule has 4 aromatic rings. The van der Waals surface area contributed by atoms with Crippen LogP contribution in [-0.4, -0.2) is 95.7 Å². The number of piperazine rings is 1. The largest absolute Gasteiger partial charge is 0.508 e. The average Bonchev–Trinajstić information content (AvgIpc) is 3.76. The summed E-state index contributed by atoms with van der Waals surface area (Å²) in [4.78, 5) is 18.4. The highest BCUT2D eigenvalue weighted by molar-refractivity contribution is 6.04. The number of nitrogens with zero attached hydrogens (tertiary/aromatic N) is 5. The molecule has 2 aromatic carbocycles. The number of pyridine rings is 1. The van der Waals surface area contributed by atoms with Crippen LogP contribution < -0.4 is 19.7 Å².